The summed E-state index contributed by atoms with van der Waals surface area (Å²) in [4.78, 5) is 21.4. The molecule has 3 heterocycles. The number of para-hydroxylation sites is 1. The Labute approximate surface area is 237 Å². The second kappa shape index (κ2) is 11.1. The minimum absolute atomic E-state index is 0.0383. The number of nitrogens with zero attached hydrogens (tertiary/aromatic N) is 3. The molecule has 1 aliphatic rings. The second-order valence-corrected chi connectivity index (χ2v) is 11.8. The van der Waals surface area contributed by atoms with E-state index >= 15 is 0 Å². The first-order chi connectivity index (χ1) is 18.7. The van der Waals surface area contributed by atoms with E-state index < -0.39 is 16.1 Å². The molecule has 0 saturated carbocycles. The van der Waals surface area contributed by atoms with E-state index in [0.29, 0.717) is 29.7 Å². The summed E-state index contributed by atoms with van der Waals surface area (Å²) in [6, 6.07) is 15.3. The maximum absolute atomic E-state index is 13.6. The Morgan fingerprint density at radius 3 is 2.72 bits per heavy atom. The van der Waals surface area contributed by atoms with Gasteiger partial charge in [0.05, 0.1) is 10.7 Å². The van der Waals surface area contributed by atoms with Crippen molar-refractivity contribution in [2.45, 2.75) is 37.3 Å². The second-order valence-electron chi connectivity index (χ2n) is 9.19. The molecule has 4 aromatic rings. The number of aromatic nitrogens is 2. The first kappa shape index (κ1) is 27.3. The van der Waals surface area contributed by atoms with Crippen molar-refractivity contribution in [3.8, 4) is 17.0 Å². The number of carbonyl (C=O) groups is 1. The fraction of sp³-hybridized carbons (Fsp3) is 0.250. The fourth-order valence-corrected chi connectivity index (χ4v) is 7.36. The zero-order valence-electron chi connectivity index (χ0n) is 21.3. The standard InChI is InChI=1S/C28H26Cl2N4O4S/c1-17-15-19(22-8-3-4-13-32-22)18-7-5-10-24(27(18)33-17)38-16-20-21(29)11-12-25(26(20)30)39(36,37)34-14-6-9-23(34)28(35)31-2/h3-5,7-8,10-13,15,23H,6,9,14,16H2,1-2H3,(H,31,35)/t23-/m0/s1. The van der Waals surface area contributed by atoms with Crippen LogP contribution in [0, 0.1) is 6.92 Å². The van der Waals surface area contributed by atoms with Crippen LogP contribution in [0.5, 0.6) is 5.75 Å². The SMILES string of the molecule is CNC(=O)[C@@H]1CCCN1S(=O)(=O)c1ccc(Cl)c(COc2cccc3c(-c4ccccn4)cc(C)nc23)c1Cl. The normalized spacial score (nSPS) is 15.9. The highest BCUT2D eigenvalue weighted by Crippen LogP contribution is 2.37. The van der Waals surface area contributed by atoms with E-state index in [4.69, 9.17) is 32.9 Å². The number of benzene rings is 2. The van der Waals surface area contributed by atoms with Gasteiger partial charge in [-0.25, -0.2) is 13.4 Å². The topological polar surface area (TPSA) is 101 Å². The number of ether oxygens (including phenoxy) is 1. The molecule has 2 aromatic heterocycles. The summed E-state index contributed by atoms with van der Waals surface area (Å²) in [6.07, 6.45) is 2.75. The zero-order chi connectivity index (χ0) is 27.7. The largest absolute Gasteiger partial charge is 0.487 e. The molecule has 0 unspecified atom stereocenters. The first-order valence-electron chi connectivity index (χ1n) is 12.4. The van der Waals surface area contributed by atoms with Gasteiger partial charge < -0.3 is 10.1 Å². The number of carbonyl (C=O) groups excluding carboxylic acids is 1. The van der Waals surface area contributed by atoms with Crippen LogP contribution in [-0.4, -0.2) is 48.2 Å². The molecule has 1 saturated heterocycles. The average molecular weight is 586 g/mol. The summed E-state index contributed by atoms with van der Waals surface area (Å²) < 4.78 is 34.5. The Hall–Kier alpha value is -3.24. The molecule has 1 amide bonds. The molecule has 0 spiro atoms. The van der Waals surface area contributed by atoms with Crippen molar-refractivity contribution >= 4 is 50.0 Å². The number of hydrogen-bond acceptors (Lipinski definition) is 6. The van der Waals surface area contributed by atoms with Gasteiger partial charge in [-0.15, -0.1) is 0 Å². The van der Waals surface area contributed by atoms with Crippen LogP contribution < -0.4 is 10.1 Å². The smallest absolute Gasteiger partial charge is 0.245 e. The number of likely N-dealkylation sites (N-methyl/N-ethyl adjacent to an activating group) is 1. The third kappa shape index (κ3) is 5.19. The zero-order valence-corrected chi connectivity index (χ0v) is 23.6. The molecule has 1 fully saturated rings. The van der Waals surface area contributed by atoms with Gasteiger partial charge in [-0.2, -0.15) is 4.31 Å². The van der Waals surface area contributed by atoms with Crippen molar-refractivity contribution in [3.05, 3.63) is 82.1 Å². The number of fused-ring (bicyclic) bond motifs is 1. The van der Waals surface area contributed by atoms with Crippen molar-refractivity contribution in [1.29, 1.82) is 0 Å². The maximum atomic E-state index is 13.6. The van der Waals surface area contributed by atoms with Crippen molar-refractivity contribution in [1.82, 2.24) is 19.6 Å². The van der Waals surface area contributed by atoms with Gasteiger partial charge in [0.1, 0.15) is 28.8 Å². The first-order valence-corrected chi connectivity index (χ1v) is 14.6. The van der Waals surface area contributed by atoms with Crippen LogP contribution in [0.25, 0.3) is 22.2 Å². The molecule has 39 heavy (non-hydrogen) atoms. The van der Waals surface area contributed by atoms with Gasteiger partial charge in [0.2, 0.25) is 15.9 Å². The Bertz CT molecular complexity index is 1670. The highest BCUT2D eigenvalue weighted by Gasteiger charge is 2.40. The van der Waals surface area contributed by atoms with Gasteiger partial charge in [-0.05, 0) is 56.2 Å². The van der Waals surface area contributed by atoms with E-state index in [1.165, 1.54) is 23.5 Å². The van der Waals surface area contributed by atoms with Crippen molar-refractivity contribution in [3.63, 3.8) is 0 Å². The van der Waals surface area contributed by atoms with E-state index in [1.807, 2.05) is 43.3 Å². The molecule has 1 aliphatic heterocycles. The Kier molecular flexibility index (Phi) is 7.77. The lowest BCUT2D eigenvalue weighted by atomic mass is 10.0. The molecule has 1 N–H and O–H groups in total. The highest BCUT2D eigenvalue weighted by atomic mass is 35.5. The van der Waals surface area contributed by atoms with E-state index in [0.717, 1.165) is 22.3 Å². The maximum Gasteiger partial charge on any atom is 0.245 e. The Morgan fingerprint density at radius 2 is 1.97 bits per heavy atom. The molecule has 0 aliphatic carbocycles. The number of aryl methyl sites for hydroxylation is 1. The van der Waals surface area contributed by atoms with Crippen LogP contribution in [0.2, 0.25) is 10.0 Å². The Balaban J connectivity index is 1.49. The molecule has 2 aromatic carbocycles. The third-order valence-electron chi connectivity index (χ3n) is 6.73. The summed E-state index contributed by atoms with van der Waals surface area (Å²) in [7, 11) is -2.58. The van der Waals surface area contributed by atoms with Gasteiger partial charge in [0.25, 0.3) is 0 Å². The molecule has 0 bridgehead atoms. The molecule has 202 valence electrons. The fourth-order valence-electron chi connectivity index (χ4n) is 4.84. The molecule has 11 heteroatoms. The summed E-state index contributed by atoms with van der Waals surface area (Å²) in [6.45, 7) is 2.04. The van der Waals surface area contributed by atoms with E-state index in [9.17, 15) is 13.2 Å². The number of amides is 1. The molecule has 5 rings (SSSR count). The lowest BCUT2D eigenvalue weighted by Gasteiger charge is -2.24. The summed E-state index contributed by atoms with van der Waals surface area (Å²) in [5.41, 5.74) is 3.49. The molecular formula is C28H26Cl2N4O4S. The van der Waals surface area contributed by atoms with Gasteiger partial charge in [0, 0.05) is 47.0 Å². The number of halogens is 2. The van der Waals surface area contributed by atoms with Crippen LogP contribution >= 0.6 is 23.2 Å². The number of sulfonamides is 1. The van der Waals surface area contributed by atoms with Gasteiger partial charge >= 0.3 is 0 Å². The molecular weight excluding hydrogens is 559 g/mol. The molecule has 8 nitrogen and oxygen atoms in total. The van der Waals surface area contributed by atoms with Crippen molar-refractivity contribution in [2.24, 2.45) is 0 Å². The van der Waals surface area contributed by atoms with Crippen LogP contribution in [0.3, 0.4) is 0 Å². The van der Waals surface area contributed by atoms with Gasteiger partial charge in [-0.3, -0.25) is 9.78 Å². The highest BCUT2D eigenvalue weighted by molar-refractivity contribution is 7.89. The van der Waals surface area contributed by atoms with Gasteiger partial charge in [0.15, 0.2) is 0 Å². The predicted molar refractivity (Wildman–Crippen MR) is 151 cm³/mol. The van der Waals surface area contributed by atoms with Crippen LogP contribution in [0.15, 0.2) is 65.7 Å². The Morgan fingerprint density at radius 1 is 1.15 bits per heavy atom. The summed E-state index contributed by atoms with van der Waals surface area (Å²) in [5.74, 6) is 0.140. The van der Waals surface area contributed by atoms with Crippen molar-refractivity contribution in [2.75, 3.05) is 13.6 Å². The number of pyridine rings is 2. The van der Waals surface area contributed by atoms with Crippen molar-refractivity contribution < 1.29 is 17.9 Å². The minimum atomic E-state index is -4.07. The van der Waals surface area contributed by atoms with E-state index in [-0.39, 0.29) is 34.0 Å². The van der Waals surface area contributed by atoms with Gasteiger partial charge in [-0.1, -0.05) is 41.4 Å². The lowest BCUT2D eigenvalue weighted by molar-refractivity contribution is -0.123. The van der Waals surface area contributed by atoms with Crippen LogP contribution in [0.4, 0.5) is 0 Å². The lowest BCUT2D eigenvalue weighted by Crippen LogP contribution is -2.44. The number of hydrogen-bond donors (Lipinski definition) is 1. The molecule has 0 radical (unpaired) electrons. The summed E-state index contributed by atoms with van der Waals surface area (Å²) in [5, 5.41) is 3.63. The van der Waals surface area contributed by atoms with Crippen LogP contribution in [-0.2, 0) is 21.4 Å². The van der Waals surface area contributed by atoms with E-state index in [1.54, 1.807) is 12.3 Å². The number of rotatable bonds is 7. The van der Waals surface area contributed by atoms with Crippen LogP contribution in [0.1, 0.15) is 24.1 Å². The average Bonchev–Trinajstić information content (AvgIpc) is 3.44. The summed E-state index contributed by atoms with van der Waals surface area (Å²) >= 11 is 13.1. The molecule has 1 atom stereocenters. The minimum Gasteiger partial charge on any atom is -0.487 e. The number of nitrogens with one attached hydrogen (secondary N) is 1. The predicted octanol–water partition coefficient (Wildman–Crippen LogP) is 5.39. The quantitative estimate of drug-likeness (QED) is 0.312. The monoisotopic (exact) mass is 584 g/mol. The van der Waals surface area contributed by atoms with E-state index in [2.05, 4.69) is 10.3 Å². The third-order valence-corrected chi connectivity index (χ3v) is 9.58.